The van der Waals surface area contributed by atoms with E-state index in [2.05, 4.69) is 33.0 Å². The second kappa shape index (κ2) is 1.72. The Morgan fingerprint density at radius 3 is 1.33 bits per heavy atom. The zero-order chi connectivity index (χ0) is 7.12. The molecule has 1 rings (SSSR count). The fourth-order valence-electron chi connectivity index (χ4n) is 1.04. The normalized spacial score (nSPS) is 30.7. The van der Waals surface area contributed by atoms with E-state index in [1.807, 2.05) is 0 Å². The summed E-state index contributed by atoms with van der Waals surface area (Å²) < 4.78 is 0. The summed E-state index contributed by atoms with van der Waals surface area (Å²) >= 11 is 0. The summed E-state index contributed by atoms with van der Waals surface area (Å²) in [5.41, 5.74) is 0.847. The van der Waals surface area contributed by atoms with Crippen molar-refractivity contribution in [3.63, 3.8) is 0 Å². The second-order valence-electron chi connectivity index (χ2n) is 4.31. The average molecular weight is 126 g/mol. The third-order valence-corrected chi connectivity index (χ3v) is 2.85. The molecule has 1 radical (unpaired) electrons. The Morgan fingerprint density at radius 1 is 0.889 bits per heavy atom. The van der Waals surface area contributed by atoms with Gasteiger partial charge < -0.3 is 0 Å². The lowest BCUT2D eigenvalue weighted by atomic mass is 9.71. The van der Waals surface area contributed by atoms with Gasteiger partial charge in [0.15, 0.2) is 0 Å². The van der Waals surface area contributed by atoms with Crippen LogP contribution in [0.2, 0.25) is 0 Å². The van der Waals surface area contributed by atoms with Crippen molar-refractivity contribution in [1.82, 2.24) is 5.32 Å². The number of hydrogen-bond acceptors (Lipinski definition) is 0. The van der Waals surface area contributed by atoms with E-state index in [9.17, 15) is 0 Å². The first-order valence-corrected chi connectivity index (χ1v) is 3.59. The van der Waals surface area contributed by atoms with Crippen LogP contribution in [0.15, 0.2) is 0 Å². The van der Waals surface area contributed by atoms with Crippen molar-refractivity contribution in [2.45, 2.75) is 27.7 Å². The lowest BCUT2D eigenvalue weighted by Crippen LogP contribution is -2.30. The highest BCUT2D eigenvalue weighted by atomic mass is 14.9. The van der Waals surface area contributed by atoms with Crippen molar-refractivity contribution < 1.29 is 0 Å². The molecule has 53 valence electrons. The smallest absolute Gasteiger partial charge is 0.0190 e. The number of nitrogens with zero attached hydrogens (tertiary/aromatic N) is 1. The predicted octanol–water partition coefficient (Wildman–Crippen LogP) is 1.66. The molecule has 0 amide bonds. The van der Waals surface area contributed by atoms with Gasteiger partial charge in [0, 0.05) is 13.1 Å². The highest BCUT2D eigenvalue weighted by Crippen LogP contribution is 2.41. The Morgan fingerprint density at radius 2 is 1.22 bits per heavy atom. The Bertz CT molecular complexity index is 99.7. The van der Waals surface area contributed by atoms with Gasteiger partial charge in [-0.2, -0.15) is 0 Å². The van der Waals surface area contributed by atoms with Gasteiger partial charge in [-0.05, 0) is 10.8 Å². The van der Waals surface area contributed by atoms with Gasteiger partial charge in [0.2, 0.25) is 0 Å². The topological polar surface area (TPSA) is 14.1 Å². The third kappa shape index (κ3) is 0.983. The molecule has 0 spiro atoms. The molecule has 1 saturated heterocycles. The van der Waals surface area contributed by atoms with E-state index in [-0.39, 0.29) is 0 Å². The zero-order valence-corrected chi connectivity index (χ0v) is 6.86. The average Bonchev–Trinajstić information content (AvgIpc) is 1.81. The summed E-state index contributed by atoms with van der Waals surface area (Å²) in [5, 5.41) is 4.39. The number of hydrogen-bond donors (Lipinski definition) is 0. The first-order chi connectivity index (χ1) is 3.96. The minimum absolute atomic E-state index is 0.424. The molecule has 1 heterocycles. The van der Waals surface area contributed by atoms with Gasteiger partial charge in [-0.3, -0.25) is 0 Å². The Kier molecular flexibility index (Phi) is 1.35. The van der Waals surface area contributed by atoms with Gasteiger partial charge in [0.1, 0.15) is 0 Å². The molecule has 1 fully saturated rings. The van der Waals surface area contributed by atoms with Crippen LogP contribution in [0.1, 0.15) is 27.7 Å². The minimum atomic E-state index is 0.424. The molecule has 1 heteroatoms. The van der Waals surface area contributed by atoms with Crippen molar-refractivity contribution in [3.8, 4) is 0 Å². The lowest BCUT2D eigenvalue weighted by Gasteiger charge is -2.32. The summed E-state index contributed by atoms with van der Waals surface area (Å²) in [6.07, 6.45) is 0. The minimum Gasteiger partial charge on any atom is -0.241 e. The van der Waals surface area contributed by atoms with Crippen LogP contribution in [0.4, 0.5) is 0 Å². The molecule has 0 N–H and O–H groups in total. The molecular weight excluding hydrogens is 110 g/mol. The van der Waals surface area contributed by atoms with Crippen molar-refractivity contribution in [3.05, 3.63) is 0 Å². The van der Waals surface area contributed by atoms with Gasteiger partial charge in [0.05, 0.1) is 0 Å². The monoisotopic (exact) mass is 126 g/mol. The highest BCUT2D eigenvalue weighted by molar-refractivity contribution is 4.94. The third-order valence-electron chi connectivity index (χ3n) is 2.85. The van der Waals surface area contributed by atoms with Crippen LogP contribution in [0.25, 0.3) is 0 Å². The molecular formula is C8H16N. The van der Waals surface area contributed by atoms with Crippen LogP contribution < -0.4 is 5.32 Å². The van der Waals surface area contributed by atoms with Crippen molar-refractivity contribution in [1.29, 1.82) is 0 Å². The van der Waals surface area contributed by atoms with Gasteiger partial charge in [-0.1, -0.05) is 27.7 Å². The number of rotatable bonds is 0. The fourth-order valence-corrected chi connectivity index (χ4v) is 1.04. The van der Waals surface area contributed by atoms with E-state index in [1.54, 1.807) is 0 Å². The standard InChI is InChI=1S/C8H16N/c1-7(2)5-9-6-8(7,3)4/h5-6H2,1-4H3. The molecule has 0 aliphatic carbocycles. The Balaban J connectivity index is 2.75. The van der Waals surface area contributed by atoms with E-state index in [4.69, 9.17) is 0 Å². The predicted molar refractivity (Wildman–Crippen MR) is 39.4 cm³/mol. The van der Waals surface area contributed by atoms with Crippen molar-refractivity contribution in [2.24, 2.45) is 10.8 Å². The molecule has 0 aromatic heterocycles. The lowest BCUT2D eigenvalue weighted by molar-refractivity contribution is 0.184. The largest absolute Gasteiger partial charge is 0.241 e. The molecule has 1 aliphatic heterocycles. The van der Waals surface area contributed by atoms with Crippen molar-refractivity contribution >= 4 is 0 Å². The molecule has 0 aromatic rings. The van der Waals surface area contributed by atoms with Crippen LogP contribution >= 0.6 is 0 Å². The fraction of sp³-hybridized carbons (Fsp3) is 1.00. The molecule has 0 unspecified atom stereocenters. The Labute approximate surface area is 57.8 Å². The van der Waals surface area contributed by atoms with Gasteiger partial charge in [-0.15, -0.1) is 0 Å². The van der Waals surface area contributed by atoms with E-state index in [0.29, 0.717) is 10.8 Å². The molecule has 0 aromatic carbocycles. The highest BCUT2D eigenvalue weighted by Gasteiger charge is 2.41. The molecule has 9 heavy (non-hydrogen) atoms. The van der Waals surface area contributed by atoms with Crippen LogP contribution in [-0.2, 0) is 0 Å². The molecule has 0 bridgehead atoms. The van der Waals surface area contributed by atoms with Crippen LogP contribution in [0, 0.1) is 10.8 Å². The first kappa shape index (κ1) is 7.07. The summed E-state index contributed by atoms with van der Waals surface area (Å²) in [7, 11) is 0. The summed E-state index contributed by atoms with van der Waals surface area (Å²) in [5.74, 6) is 0. The molecule has 1 nitrogen and oxygen atoms in total. The van der Waals surface area contributed by atoms with Crippen LogP contribution in [0.5, 0.6) is 0 Å². The second-order valence-corrected chi connectivity index (χ2v) is 4.31. The maximum absolute atomic E-state index is 4.39. The van der Waals surface area contributed by atoms with Crippen LogP contribution in [0.3, 0.4) is 0 Å². The molecule has 0 saturated carbocycles. The maximum atomic E-state index is 4.39. The maximum Gasteiger partial charge on any atom is 0.0190 e. The summed E-state index contributed by atoms with van der Waals surface area (Å²) in [6, 6.07) is 0. The van der Waals surface area contributed by atoms with E-state index >= 15 is 0 Å². The first-order valence-electron chi connectivity index (χ1n) is 3.59. The van der Waals surface area contributed by atoms with Gasteiger partial charge in [0.25, 0.3) is 0 Å². The quantitative estimate of drug-likeness (QED) is 0.468. The Hall–Kier alpha value is -0.0400. The van der Waals surface area contributed by atoms with Gasteiger partial charge in [-0.25, -0.2) is 5.32 Å². The van der Waals surface area contributed by atoms with E-state index in [1.165, 1.54) is 0 Å². The van der Waals surface area contributed by atoms with E-state index < -0.39 is 0 Å². The van der Waals surface area contributed by atoms with E-state index in [0.717, 1.165) is 13.1 Å². The van der Waals surface area contributed by atoms with Gasteiger partial charge >= 0.3 is 0 Å². The summed E-state index contributed by atoms with van der Waals surface area (Å²) in [6.45, 7) is 11.3. The van der Waals surface area contributed by atoms with Crippen LogP contribution in [-0.4, -0.2) is 13.1 Å². The molecule has 1 aliphatic rings. The zero-order valence-electron chi connectivity index (χ0n) is 6.86. The summed E-state index contributed by atoms with van der Waals surface area (Å²) in [4.78, 5) is 0. The molecule has 0 atom stereocenters. The van der Waals surface area contributed by atoms with Crippen molar-refractivity contribution in [2.75, 3.05) is 13.1 Å². The SMILES string of the molecule is CC1(C)C[N]CC1(C)C.